The Morgan fingerprint density at radius 2 is 2.20 bits per heavy atom. The van der Waals surface area contributed by atoms with Crippen LogP contribution in [0.25, 0.3) is 10.8 Å². The fraction of sp³-hybridized carbons (Fsp3) is 0.0909. The van der Waals surface area contributed by atoms with E-state index in [0.717, 1.165) is 5.39 Å². The zero-order valence-electron chi connectivity index (χ0n) is 8.32. The number of nitrogens with two attached hydrogens (primary N) is 1. The molecule has 0 bridgehead atoms. The molecule has 1 amide bonds. The van der Waals surface area contributed by atoms with Crippen LogP contribution < -0.4 is 11.1 Å². The molecule has 0 aliphatic carbocycles. The van der Waals surface area contributed by atoms with E-state index in [0.29, 0.717) is 16.8 Å². The summed E-state index contributed by atoms with van der Waals surface area (Å²) in [5.74, 6) is -0.224. The Hall–Kier alpha value is -2.10. The van der Waals surface area contributed by atoms with Crippen molar-refractivity contribution in [3.8, 4) is 0 Å². The molecule has 0 aliphatic rings. The molecule has 2 aromatic rings. The summed E-state index contributed by atoms with van der Waals surface area (Å²) in [7, 11) is 1.57. The Kier molecular flexibility index (Phi) is 2.25. The Morgan fingerprint density at radius 1 is 1.40 bits per heavy atom. The first-order valence-electron chi connectivity index (χ1n) is 4.59. The summed E-state index contributed by atoms with van der Waals surface area (Å²) < 4.78 is 0. The zero-order valence-corrected chi connectivity index (χ0v) is 8.32. The molecule has 4 heteroatoms. The molecule has 0 saturated heterocycles. The van der Waals surface area contributed by atoms with Gasteiger partial charge >= 0.3 is 0 Å². The van der Waals surface area contributed by atoms with Gasteiger partial charge in [-0.15, -0.1) is 0 Å². The van der Waals surface area contributed by atoms with Crippen LogP contribution in [0, 0.1) is 0 Å². The average molecular weight is 201 g/mol. The third kappa shape index (κ3) is 1.50. The summed E-state index contributed by atoms with van der Waals surface area (Å²) in [5, 5.41) is 4.17. The molecule has 15 heavy (non-hydrogen) atoms. The molecule has 0 atom stereocenters. The number of pyridine rings is 1. The first-order valence-corrected chi connectivity index (χ1v) is 4.59. The van der Waals surface area contributed by atoms with Crippen molar-refractivity contribution >= 4 is 22.4 Å². The molecule has 0 fully saturated rings. The third-order valence-electron chi connectivity index (χ3n) is 2.27. The van der Waals surface area contributed by atoms with E-state index in [2.05, 4.69) is 10.3 Å². The molecule has 0 saturated carbocycles. The standard InChI is InChI=1S/C11H11N3O/c1-13-11(15)10-9-7(5-6-14-10)3-2-4-8(9)12/h2-6H,12H2,1H3,(H,13,15). The van der Waals surface area contributed by atoms with Crippen molar-refractivity contribution in [2.45, 2.75) is 0 Å². The first-order chi connectivity index (χ1) is 7.24. The smallest absolute Gasteiger partial charge is 0.270 e. The molecule has 4 nitrogen and oxygen atoms in total. The number of aromatic nitrogens is 1. The molecule has 0 aliphatic heterocycles. The lowest BCUT2D eigenvalue weighted by Gasteiger charge is -2.06. The monoisotopic (exact) mass is 201 g/mol. The first kappa shape index (κ1) is 9.45. The predicted octanol–water partition coefficient (Wildman–Crippen LogP) is 1.18. The second-order valence-electron chi connectivity index (χ2n) is 3.18. The van der Waals surface area contributed by atoms with E-state index in [1.807, 2.05) is 18.2 Å². The van der Waals surface area contributed by atoms with Crippen LogP contribution in [0.2, 0.25) is 0 Å². The molecule has 1 aromatic carbocycles. The van der Waals surface area contributed by atoms with Crippen LogP contribution in [0.1, 0.15) is 10.5 Å². The quantitative estimate of drug-likeness (QED) is 0.681. The minimum atomic E-state index is -0.224. The van der Waals surface area contributed by atoms with Crippen LogP contribution in [-0.2, 0) is 0 Å². The van der Waals surface area contributed by atoms with E-state index in [1.54, 1.807) is 19.3 Å². The number of anilines is 1. The fourth-order valence-corrected chi connectivity index (χ4v) is 1.55. The summed E-state index contributed by atoms with van der Waals surface area (Å²) in [6, 6.07) is 7.35. The van der Waals surface area contributed by atoms with Crippen LogP contribution in [0.15, 0.2) is 30.5 Å². The number of hydrogen-bond donors (Lipinski definition) is 2. The minimum absolute atomic E-state index is 0.224. The molecule has 76 valence electrons. The number of rotatable bonds is 1. The van der Waals surface area contributed by atoms with Gasteiger partial charge in [0.05, 0.1) is 0 Å². The van der Waals surface area contributed by atoms with Crippen molar-refractivity contribution < 1.29 is 4.79 Å². The predicted molar refractivity (Wildman–Crippen MR) is 59.5 cm³/mol. The van der Waals surface area contributed by atoms with Gasteiger partial charge in [-0.2, -0.15) is 0 Å². The van der Waals surface area contributed by atoms with E-state index in [9.17, 15) is 4.79 Å². The van der Waals surface area contributed by atoms with Gasteiger partial charge in [-0.1, -0.05) is 12.1 Å². The lowest BCUT2D eigenvalue weighted by molar-refractivity contribution is 0.0960. The number of carbonyl (C=O) groups excluding carboxylic acids is 1. The van der Waals surface area contributed by atoms with E-state index in [1.165, 1.54) is 0 Å². The van der Waals surface area contributed by atoms with E-state index >= 15 is 0 Å². The molecule has 1 heterocycles. The molecule has 0 radical (unpaired) electrons. The third-order valence-corrected chi connectivity index (χ3v) is 2.27. The van der Waals surface area contributed by atoms with Gasteiger partial charge in [-0.3, -0.25) is 9.78 Å². The van der Waals surface area contributed by atoms with Gasteiger partial charge in [0.25, 0.3) is 5.91 Å². The van der Waals surface area contributed by atoms with Gasteiger partial charge in [-0.25, -0.2) is 0 Å². The Bertz CT molecular complexity index is 517. The SMILES string of the molecule is CNC(=O)c1nccc2cccc(N)c12. The lowest BCUT2D eigenvalue weighted by atomic mass is 10.1. The van der Waals surface area contributed by atoms with E-state index in [-0.39, 0.29) is 5.91 Å². The van der Waals surface area contributed by atoms with Crippen LogP contribution in [0.3, 0.4) is 0 Å². The highest BCUT2D eigenvalue weighted by Gasteiger charge is 2.11. The van der Waals surface area contributed by atoms with Gasteiger partial charge < -0.3 is 11.1 Å². The normalized spacial score (nSPS) is 10.2. The summed E-state index contributed by atoms with van der Waals surface area (Å²) in [5.41, 5.74) is 6.77. The molecule has 0 unspecified atom stereocenters. The van der Waals surface area contributed by atoms with E-state index < -0.39 is 0 Å². The van der Waals surface area contributed by atoms with Gasteiger partial charge in [0, 0.05) is 24.3 Å². The lowest BCUT2D eigenvalue weighted by Crippen LogP contribution is -2.19. The molecule has 1 aromatic heterocycles. The molecule has 0 spiro atoms. The summed E-state index contributed by atoms with van der Waals surface area (Å²) >= 11 is 0. The highest BCUT2D eigenvalue weighted by Crippen LogP contribution is 2.22. The van der Waals surface area contributed by atoms with Crippen LogP contribution in [-0.4, -0.2) is 17.9 Å². The second-order valence-corrected chi connectivity index (χ2v) is 3.18. The van der Waals surface area contributed by atoms with Crippen molar-refractivity contribution in [2.75, 3.05) is 12.8 Å². The number of benzene rings is 1. The maximum atomic E-state index is 11.6. The molecule has 3 N–H and O–H groups in total. The summed E-state index contributed by atoms with van der Waals surface area (Å²) in [4.78, 5) is 15.6. The number of amides is 1. The molecule has 2 rings (SSSR count). The Morgan fingerprint density at radius 3 is 2.93 bits per heavy atom. The van der Waals surface area contributed by atoms with Crippen LogP contribution in [0.4, 0.5) is 5.69 Å². The van der Waals surface area contributed by atoms with Crippen LogP contribution >= 0.6 is 0 Å². The highest BCUT2D eigenvalue weighted by molar-refractivity contribution is 6.09. The van der Waals surface area contributed by atoms with Gasteiger partial charge in [-0.05, 0) is 17.5 Å². The highest BCUT2D eigenvalue weighted by atomic mass is 16.1. The molecular weight excluding hydrogens is 190 g/mol. The maximum absolute atomic E-state index is 11.6. The Labute approximate surface area is 87.1 Å². The fourth-order valence-electron chi connectivity index (χ4n) is 1.55. The number of fused-ring (bicyclic) bond motifs is 1. The van der Waals surface area contributed by atoms with E-state index in [4.69, 9.17) is 5.73 Å². The number of nitrogens with one attached hydrogen (secondary N) is 1. The number of nitrogen functional groups attached to an aromatic ring is 1. The van der Waals surface area contributed by atoms with Gasteiger partial charge in [0.2, 0.25) is 0 Å². The summed E-state index contributed by atoms with van der Waals surface area (Å²) in [6.45, 7) is 0. The maximum Gasteiger partial charge on any atom is 0.270 e. The van der Waals surface area contributed by atoms with Crippen molar-refractivity contribution in [3.05, 3.63) is 36.2 Å². The molecular formula is C11H11N3O. The minimum Gasteiger partial charge on any atom is -0.398 e. The van der Waals surface area contributed by atoms with Crippen molar-refractivity contribution in [1.29, 1.82) is 0 Å². The number of carbonyl (C=O) groups is 1. The van der Waals surface area contributed by atoms with Crippen molar-refractivity contribution in [3.63, 3.8) is 0 Å². The second kappa shape index (κ2) is 3.57. The average Bonchev–Trinajstić information content (AvgIpc) is 2.28. The summed E-state index contributed by atoms with van der Waals surface area (Å²) in [6.07, 6.45) is 1.60. The van der Waals surface area contributed by atoms with Gasteiger partial charge in [0.15, 0.2) is 0 Å². The topological polar surface area (TPSA) is 68.0 Å². The Balaban J connectivity index is 2.80. The van der Waals surface area contributed by atoms with Crippen LogP contribution in [0.5, 0.6) is 0 Å². The number of hydrogen-bond acceptors (Lipinski definition) is 3. The van der Waals surface area contributed by atoms with Crippen molar-refractivity contribution in [1.82, 2.24) is 10.3 Å². The zero-order chi connectivity index (χ0) is 10.8. The van der Waals surface area contributed by atoms with Crippen molar-refractivity contribution in [2.24, 2.45) is 0 Å². The van der Waals surface area contributed by atoms with Gasteiger partial charge in [0.1, 0.15) is 5.69 Å². The number of nitrogens with zero attached hydrogens (tertiary/aromatic N) is 1. The largest absolute Gasteiger partial charge is 0.398 e.